The Kier molecular flexibility index (Phi) is 9.86. The summed E-state index contributed by atoms with van der Waals surface area (Å²) >= 11 is 1.16. The predicted molar refractivity (Wildman–Crippen MR) is 109 cm³/mol. The van der Waals surface area contributed by atoms with Gasteiger partial charge in [-0.1, -0.05) is 13.8 Å². The second-order valence-electron chi connectivity index (χ2n) is 8.47. The normalized spacial score (nSPS) is 37.8. The molecule has 31 heavy (non-hydrogen) atoms. The van der Waals surface area contributed by atoms with Crippen LogP contribution in [0.4, 0.5) is 13.2 Å². The number of halogens is 3. The van der Waals surface area contributed by atoms with Gasteiger partial charge in [-0.05, 0) is 25.1 Å². The fourth-order valence-electron chi connectivity index (χ4n) is 3.92. The molecule has 2 fully saturated rings. The van der Waals surface area contributed by atoms with Gasteiger partial charge >= 0.3 is 0 Å². The highest BCUT2D eigenvalue weighted by atomic mass is 32.2. The van der Waals surface area contributed by atoms with Gasteiger partial charge in [-0.3, -0.25) is 4.79 Å². The number of thioether (sulfide) groups is 1. The monoisotopic (exact) mass is 474 g/mol. The van der Waals surface area contributed by atoms with Crippen molar-refractivity contribution in [3.8, 4) is 0 Å². The van der Waals surface area contributed by atoms with Crippen LogP contribution in [0.3, 0.4) is 0 Å². The smallest absolute Gasteiger partial charge is 0.261 e. The number of carbonyl (C=O) groups is 1. The number of hydrogen-bond donors (Lipinski definition) is 5. The van der Waals surface area contributed by atoms with E-state index in [2.05, 4.69) is 10.6 Å². The highest BCUT2D eigenvalue weighted by Crippen LogP contribution is 2.31. The van der Waals surface area contributed by atoms with Crippen LogP contribution in [0, 0.1) is 5.92 Å². The van der Waals surface area contributed by atoms with Crippen LogP contribution in [-0.4, -0.2) is 101 Å². The third-order valence-electron chi connectivity index (χ3n) is 5.67. The molecule has 12 heteroatoms. The van der Waals surface area contributed by atoms with Crippen LogP contribution in [0.1, 0.15) is 26.7 Å². The van der Waals surface area contributed by atoms with E-state index in [-0.39, 0.29) is 25.3 Å². The SMILES string of the molecule is CSC1OC(C(NC(=O)C2CC(F)(COCC(F)F)CCN2)C(C)C)C(O)C(O)C1O. The van der Waals surface area contributed by atoms with Gasteiger partial charge in [0.05, 0.1) is 18.7 Å². The van der Waals surface area contributed by atoms with Crippen molar-refractivity contribution >= 4 is 17.7 Å². The minimum atomic E-state index is -2.70. The summed E-state index contributed by atoms with van der Waals surface area (Å²) in [6.07, 6.45) is -6.41. The average molecular weight is 475 g/mol. The van der Waals surface area contributed by atoms with Crippen LogP contribution in [0.25, 0.3) is 0 Å². The molecule has 8 atom stereocenters. The molecule has 2 saturated heterocycles. The minimum absolute atomic E-state index is 0.0254. The molecule has 1 amide bonds. The average Bonchev–Trinajstić information content (AvgIpc) is 2.70. The molecule has 0 radical (unpaired) electrons. The summed E-state index contributed by atoms with van der Waals surface area (Å²) in [6, 6.07) is -1.66. The Morgan fingerprint density at radius 3 is 2.55 bits per heavy atom. The van der Waals surface area contributed by atoms with Crippen molar-refractivity contribution < 1.29 is 42.8 Å². The van der Waals surface area contributed by atoms with Crippen LogP contribution in [0.2, 0.25) is 0 Å². The van der Waals surface area contributed by atoms with Gasteiger partial charge in [-0.25, -0.2) is 13.2 Å². The number of piperidine rings is 1. The largest absolute Gasteiger partial charge is 0.388 e. The molecule has 5 N–H and O–H groups in total. The maximum atomic E-state index is 15.0. The Labute approximate surface area is 184 Å². The highest BCUT2D eigenvalue weighted by molar-refractivity contribution is 7.99. The van der Waals surface area contributed by atoms with Crippen molar-refractivity contribution in [1.29, 1.82) is 0 Å². The molecule has 0 aliphatic carbocycles. The van der Waals surface area contributed by atoms with E-state index >= 15 is 4.39 Å². The molecule has 0 aromatic heterocycles. The standard InChI is InChI=1S/C19H33F3N2O6S/c1-9(2)12(16-14(26)13(25)15(27)18(30-16)31-3)24-17(28)10-6-19(22,4-5-23-10)8-29-7-11(20)21/h9-16,18,23,25-27H,4-8H2,1-3H3,(H,24,28). The summed E-state index contributed by atoms with van der Waals surface area (Å²) in [6.45, 7) is 2.35. The number of carbonyl (C=O) groups excluding carboxylic acids is 1. The molecule has 8 nitrogen and oxygen atoms in total. The van der Waals surface area contributed by atoms with E-state index in [9.17, 15) is 28.9 Å². The molecule has 0 spiro atoms. The van der Waals surface area contributed by atoms with Crippen LogP contribution < -0.4 is 10.6 Å². The van der Waals surface area contributed by atoms with Gasteiger partial charge in [-0.2, -0.15) is 0 Å². The summed E-state index contributed by atoms with van der Waals surface area (Å²) < 4.78 is 50.0. The van der Waals surface area contributed by atoms with E-state index in [4.69, 9.17) is 9.47 Å². The van der Waals surface area contributed by atoms with E-state index in [1.54, 1.807) is 20.1 Å². The lowest BCUT2D eigenvalue weighted by Crippen LogP contribution is -2.65. The van der Waals surface area contributed by atoms with Crippen molar-refractivity contribution in [2.45, 2.75) is 80.7 Å². The zero-order valence-electron chi connectivity index (χ0n) is 17.8. The summed E-state index contributed by atoms with van der Waals surface area (Å²) in [5, 5.41) is 36.3. The Balaban J connectivity index is 2.04. The third-order valence-corrected chi connectivity index (χ3v) is 6.53. The Bertz CT molecular complexity index is 591. The molecular formula is C19H33F3N2O6S. The molecule has 2 aliphatic heterocycles. The molecule has 2 aliphatic rings. The first-order valence-corrected chi connectivity index (χ1v) is 11.6. The molecule has 0 saturated carbocycles. The molecule has 2 heterocycles. The van der Waals surface area contributed by atoms with Crippen LogP contribution in [-0.2, 0) is 14.3 Å². The van der Waals surface area contributed by atoms with Gasteiger partial charge in [0.1, 0.15) is 42.1 Å². The maximum absolute atomic E-state index is 15.0. The Morgan fingerprint density at radius 1 is 1.29 bits per heavy atom. The van der Waals surface area contributed by atoms with E-state index in [1.165, 1.54) is 0 Å². The van der Waals surface area contributed by atoms with Crippen LogP contribution in [0.5, 0.6) is 0 Å². The summed E-state index contributed by atoms with van der Waals surface area (Å²) in [7, 11) is 0. The Hall–Kier alpha value is -0.630. The van der Waals surface area contributed by atoms with Crippen molar-refractivity contribution in [2.24, 2.45) is 5.92 Å². The molecule has 0 bridgehead atoms. The third kappa shape index (κ3) is 6.92. The number of ether oxygens (including phenoxy) is 2. The predicted octanol–water partition coefficient (Wildman–Crippen LogP) is 0.0398. The molecule has 0 aromatic rings. The van der Waals surface area contributed by atoms with Gasteiger partial charge in [0, 0.05) is 6.42 Å². The number of hydrogen-bond acceptors (Lipinski definition) is 8. The number of alkyl halides is 3. The Morgan fingerprint density at radius 2 is 1.97 bits per heavy atom. The molecule has 182 valence electrons. The highest BCUT2D eigenvalue weighted by Gasteiger charge is 2.48. The van der Waals surface area contributed by atoms with Crippen molar-refractivity contribution in [1.82, 2.24) is 10.6 Å². The van der Waals surface area contributed by atoms with Gasteiger partial charge in [-0.15, -0.1) is 11.8 Å². The second-order valence-corrected chi connectivity index (χ2v) is 9.41. The second kappa shape index (κ2) is 11.5. The van der Waals surface area contributed by atoms with E-state index in [0.29, 0.717) is 0 Å². The minimum Gasteiger partial charge on any atom is -0.388 e. The fourth-order valence-corrected chi connectivity index (χ4v) is 4.60. The number of amides is 1. The summed E-state index contributed by atoms with van der Waals surface area (Å²) in [5.41, 5.74) is -2.71. The molecule has 8 unspecified atom stereocenters. The first-order valence-electron chi connectivity index (χ1n) is 10.3. The first kappa shape index (κ1) is 26.6. The van der Waals surface area contributed by atoms with Crippen molar-refractivity contribution in [3.05, 3.63) is 0 Å². The van der Waals surface area contributed by atoms with E-state index in [0.717, 1.165) is 11.8 Å². The quantitative estimate of drug-likeness (QED) is 0.318. The van der Waals surface area contributed by atoms with Crippen LogP contribution >= 0.6 is 11.8 Å². The van der Waals surface area contributed by atoms with E-state index < -0.39 is 73.2 Å². The fraction of sp³-hybridized carbons (Fsp3) is 0.947. The number of nitrogens with one attached hydrogen (secondary N) is 2. The van der Waals surface area contributed by atoms with Gasteiger partial charge < -0.3 is 35.4 Å². The van der Waals surface area contributed by atoms with E-state index in [1.807, 2.05) is 0 Å². The van der Waals surface area contributed by atoms with Crippen molar-refractivity contribution in [2.75, 3.05) is 26.0 Å². The summed E-state index contributed by atoms with van der Waals surface area (Å²) in [5.74, 6) is -0.756. The zero-order chi connectivity index (χ0) is 23.3. The number of rotatable bonds is 9. The summed E-state index contributed by atoms with van der Waals surface area (Å²) in [4.78, 5) is 12.9. The lowest BCUT2D eigenvalue weighted by molar-refractivity contribution is -0.208. The first-order chi connectivity index (χ1) is 14.5. The number of aliphatic hydroxyl groups excluding tert-OH is 3. The molecular weight excluding hydrogens is 441 g/mol. The lowest BCUT2D eigenvalue weighted by atomic mass is 9.87. The lowest BCUT2D eigenvalue weighted by Gasteiger charge is -2.44. The van der Waals surface area contributed by atoms with Gasteiger partial charge in [0.25, 0.3) is 6.43 Å². The maximum Gasteiger partial charge on any atom is 0.261 e. The van der Waals surface area contributed by atoms with Crippen molar-refractivity contribution in [3.63, 3.8) is 0 Å². The topological polar surface area (TPSA) is 120 Å². The molecule has 2 rings (SSSR count). The zero-order valence-corrected chi connectivity index (χ0v) is 18.7. The van der Waals surface area contributed by atoms with Gasteiger partial charge in [0.2, 0.25) is 5.91 Å². The number of aliphatic hydroxyl groups is 3. The van der Waals surface area contributed by atoms with Crippen LogP contribution in [0.15, 0.2) is 0 Å². The molecule has 0 aromatic carbocycles. The van der Waals surface area contributed by atoms with Gasteiger partial charge in [0.15, 0.2) is 0 Å².